The maximum absolute atomic E-state index is 9.80. The number of aromatic nitrogens is 9. The second kappa shape index (κ2) is 36.7. The lowest BCUT2D eigenvalue weighted by atomic mass is 9.92. The molecule has 0 radical (unpaired) electrons. The summed E-state index contributed by atoms with van der Waals surface area (Å²) in [4.78, 5) is 48.1. The van der Waals surface area contributed by atoms with Gasteiger partial charge in [-0.05, 0) is 209 Å². The van der Waals surface area contributed by atoms with Gasteiger partial charge in [0.05, 0.1) is 29.9 Å². The van der Waals surface area contributed by atoms with Gasteiger partial charge in [0.25, 0.3) is 0 Å². The Morgan fingerprint density at radius 2 is 0.530 bits per heavy atom. The van der Waals surface area contributed by atoms with Crippen LogP contribution in [0.1, 0.15) is 23.3 Å². The molecule has 13 heteroatoms. The van der Waals surface area contributed by atoms with Gasteiger partial charge in [0.15, 0.2) is 58.1 Å². The van der Waals surface area contributed by atoms with Gasteiger partial charge in [-0.15, -0.1) is 22.7 Å². The average molecular weight is 1950 g/mol. The number of hydrogen-bond donors (Lipinski definition) is 0. The van der Waals surface area contributed by atoms with Crippen molar-refractivity contribution >= 4 is 188 Å². The third-order valence-corrected chi connectivity index (χ3v) is 29.5. The van der Waals surface area contributed by atoms with Crippen LogP contribution in [0.3, 0.4) is 0 Å². The van der Waals surface area contributed by atoms with E-state index in [2.05, 4.69) is 114 Å². The van der Waals surface area contributed by atoms with Crippen LogP contribution < -0.4 is 0 Å². The highest BCUT2D eigenvalue weighted by molar-refractivity contribution is 7.26. The minimum Gasteiger partial charge on any atom is -0.456 e. The van der Waals surface area contributed by atoms with E-state index >= 15 is 0 Å². The van der Waals surface area contributed by atoms with Gasteiger partial charge in [-0.3, -0.25) is 0 Å². The summed E-state index contributed by atoms with van der Waals surface area (Å²) >= 11 is 2.79. The highest BCUT2D eigenvalue weighted by Gasteiger charge is 2.26. The Kier molecular flexibility index (Phi) is 17.5. The Morgan fingerprint density at radius 3 is 0.980 bits per heavy atom. The number of benzene rings is 24. The molecule has 11 nitrogen and oxygen atoms in total. The molecule has 6 heterocycles. The fraction of sp³-hybridized carbons (Fsp3) is 0. The molecular weight excluding hydrogens is 1850 g/mol. The van der Waals surface area contributed by atoms with E-state index in [9.17, 15) is 9.60 Å². The van der Waals surface area contributed by atoms with Crippen molar-refractivity contribution in [3.05, 3.63) is 496 Å². The topological polar surface area (TPSA) is 134 Å². The Hall–Kier alpha value is -19.6. The number of nitrogens with zero attached hydrogens (tertiary/aromatic N) is 10. The summed E-state index contributed by atoms with van der Waals surface area (Å²) in [6.45, 7) is 7.96. The molecule has 6 aromatic heterocycles. The van der Waals surface area contributed by atoms with Gasteiger partial charge in [0.2, 0.25) is 0 Å². The average Bonchev–Trinajstić information content (AvgIpc) is 0.691. The molecule has 0 saturated heterocycles. The van der Waals surface area contributed by atoms with E-state index in [0.717, 1.165) is 114 Å². The minimum absolute atomic E-state index is 0.00472. The van der Waals surface area contributed by atoms with Crippen molar-refractivity contribution < 1.29 is 27.7 Å². The molecule has 692 valence electrons. The summed E-state index contributed by atoms with van der Waals surface area (Å²) in [5, 5.41) is 16.9. The van der Waals surface area contributed by atoms with Crippen LogP contribution in [0.25, 0.3) is 300 Å². The Labute approximate surface area is 886 Å². The summed E-state index contributed by atoms with van der Waals surface area (Å²) in [5.74, 6) is 3.91. The maximum atomic E-state index is 9.80. The van der Waals surface area contributed by atoms with Crippen LogP contribution in [0.15, 0.2) is 489 Å². The zero-order chi connectivity index (χ0) is 113. The molecule has 0 saturated carbocycles. The van der Waals surface area contributed by atoms with Gasteiger partial charge in [-0.2, -0.15) is 0 Å². The predicted octanol–water partition coefficient (Wildman–Crippen LogP) is 37.2. The van der Waals surface area contributed by atoms with E-state index < -0.39 is 60.4 Å². The molecule has 0 N–H and O–H groups in total. The number of thiophene rings is 2. The molecule has 0 amide bonds. The Bertz CT molecular complexity index is 11600. The SMILES string of the molecule is [2H]c1c(-c2ccc3c4ccccc4c4ccccc4c3c2)c([2H])c2c(sc3c([2H])c([2H])c([2H])c(-c4nc(-c5ccccc5)nc(-c5ccccc5)n4)c32)c1[2H].[2H]c1c([2H])c([2H])c2c(c1[2H])c1c([2H])c([2H])c([2H])c([2H])c1c1c([2H])c(-c3ccc4oc5cccc(-c6nc(-c7ccccc7)nc(-c7ccccc7)n6)c5c4c3)c([2H])c([2H])c21.[C-]#[N+]c1cc(-c2nc(-c3ccccc3)nc(-c3ccccc3)n2)c2c(c1)sc1ccc(-c3ccc4c5ccccc5c5ccccc5c4c3)cc12. The minimum atomic E-state index is -0.620. The smallest absolute Gasteiger partial charge is 0.189 e. The molecule has 30 aromatic rings. The van der Waals surface area contributed by atoms with Gasteiger partial charge >= 0.3 is 0 Å². The van der Waals surface area contributed by atoms with Crippen molar-refractivity contribution in [2.75, 3.05) is 0 Å². The van der Waals surface area contributed by atoms with Gasteiger partial charge in [-0.1, -0.05) is 406 Å². The third kappa shape index (κ3) is 15.6. The summed E-state index contributed by atoms with van der Waals surface area (Å²) in [7, 11) is 0. The zero-order valence-corrected chi connectivity index (χ0v) is 80.2. The zero-order valence-electron chi connectivity index (χ0n) is 95.6. The van der Waals surface area contributed by atoms with Crippen molar-refractivity contribution in [1.29, 1.82) is 0 Å². The fourth-order valence-corrected chi connectivity index (χ4v) is 22.6. The van der Waals surface area contributed by atoms with Gasteiger partial charge < -0.3 is 4.42 Å². The van der Waals surface area contributed by atoms with Crippen molar-refractivity contribution in [2.24, 2.45) is 0 Å². The second-order valence-corrected chi connectivity index (χ2v) is 38.2. The lowest BCUT2D eigenvalue weighted by Crippen LogP contribution is -2.00. The summed E-state index contributed by atoms with van der Waals surface area (Å²) in [5.41, 5.74) is 11.5. The molecule has 30 rings (SSSR count). The largest absolute Gasteiger partial charge is 0.456 e. The third-order valence-electron chi connectivity index (χ3n) is 27.4. The standard InChI is InChI=1S/C46H26N4S.C45H27N3O.C45H27N3S/c1-47-32-26-40(46-49-44(28-12-4-2-5-13-28)48-45(50-46)29-14-6-3-7-15-29)43-39-25-31(21-23-41(39)51-42(43)27-32)30-20-22-37-35-18-9-8-16-33(35)34-17-10-11-19-36(34)38(37)24-30;2*1-3-12-28(13-4-1)43-46-44(29-14-5-2-6-15-29)48-45(47-43)37-20-11-21-41-42(37)39-27-31(23-25-40(39)49-41)30-22-24-36-34-18-8-7-16-32(34)33-17-9-10-19-35(33)38(36)26-30/h2-27H;2*1-27H/i;7D,8D,9D,10D,16D,17D,18D,19D,22D,24D,26D;11D,20D,21D,23D,25D,27D. The molecule has 0 atom stereocenters. The van der Waals surface area contributed by atoms with Crippen LogP contribution in [-0.4, -0.2) is 44.9 Å². The Morgan fingerprint density at radius 1 is 0.188 bits per heavy atom. The van der Waals surface area contributed by atoms with E-state index in [-0.39, 0.29) is 97.1 Å². The van der Waals surface area contributed by atoms with Crippen LogP contribution in [-0.2, 0) is 0 Å². The van der Waals surface area contributed by atoms with Crippen molar-refractivity contribution in [2.45, 2.75) is 0 Å². The van der Waals surface area contributed by atoms with Crippen molar-refractivity contribution in [1.82, 2.24) is 44.9 Å². The van der Waals surface area contributed by atoms with E-state index in [4.69, 9.17) is 69.6 Å². The first kappa shape index (κ1) is 70.9. The first-order valence-electron chi connectivity index (χ1n) is 56.8. The van der Waals surface area contributed by atoms with Crippen molar-refractivity contribution in [3.8, 4) is 136 Å². The van der Waals surface area contributed by atoms with Crippen LogP contribution in [0.5, 0.6) is 0 Å². The van der Waals surface area contributed by atoms with E-state index in [1.54, 1.807) is 29.5 Å². The normalized spacial score (nSPS) is 13.2. The van der Waals surface area contributed by atoms with Gasteiger partial charge in [0, 0.05) is 101 Å². The first-order chi connectivity index (χ1) is 80.9. The van der Waals surface area contributed by atoms with Crippen LogP contribution in [0.4, 0.5) is 5.69 Å². The monoisotopic (exact) mass is 1950 g/mol. The van der Waals surface area contributed by atoms with Gasteiger partial charge in [-0.25, -0.2) is 49.7 Å². The maximum Gasteiger partial charge on any atom is 0.189 e. The summed E-state index contributed by atoms with van der Waals surface area (Å²) in [6.07, 6.45) is 0. The molecule has 0 unspecified atom stereocenters. The second-order valence-electron chi connectivity index (χ2n) is 36.1. The van der Waals surface area contributed by atoms with E-state index in [1.165, 1.54) is 32.3 Å². The first-order valence-corrected chi connectivity index (χ1v) is 50.0. The lowest BCUT2D eigenvalue weighted by Gasteiger charge is -2.12. The number of rotatable bonds is 12. The molecule has 0 spiro atoms. The van der Waals surface area contributed by atoms with Crippen LogP contribution >= 0.6 is 22.7 Å². The fourth-order valence-electron chi connectivity index (χ4n) is 20.5. The highest BCUT2D eigenvalue weighted by atomic mass is 32.1. The molecular formula is C136H80N10OS2. The van der Waals surface area contributed by atoms with E-state index in [1.807, 2.05) is 255 Å². The summed E-state index contributed by atoms with van der Waals surface area (Å²) < 4.78 is 163. The van der Waals surface area contributed by atoms with Crippen molar-refractivity contribution in [3.63, 3.8) is 0 Å². The lowest BCUT2D eigenvalue weighted by molar-refractivity contribution is 0.669. The molecule has 0 bridgehead atoms. The van der Waals surface area contributed by atoms with Crippen LogP contribution in [0, 0.1) is 6.57 Å². The number of furan rings is 1. The van der Waals surface area contributed by atoms with Crippen LogP contribution in [0.2, 0.25) is 0 Å². The highest BCUT2D eigenvalue weighted by Crippen LogP contribution is 2.50. The quantitative estimate of drug-likeness (QED) is 0.0860. The predicted molar refractivity (Wildman–Crippen MR) is 622 cm³/mol. The summed E-state index contributed by atoms with van der Waals surface area (Å²) in [6, 6.07) is 119. The Balaban J connectivity index is 0.000000116. The molecule has 0 aliphatic heterocycles. The number of hydrogen-bond acceptors (Lipinski definition) is 12. The van der Waals surface area contributed by atoms with E-state index in [0.29, 0.717) is 111 Å². The van der Waals surface area contributed by atoms with Gasteiger partial charge in [0.1, 0.15) is 11.2 Å². The molecule has 0 aliphatic carbocycles. The molecule has 24 aromatic carbocycles. The molecule has 149 heavy (non-hydrogen) atoms. The molecule has 0 aliphatic rings. The number of fused-ring (bicyclic) bond motifs is 27. The molecule has 0 fully saturated rings.